The van der Waals surface area contributed by atoms with Gasteiger partial charge in [-0.2, -0.15) is 5.26 Å². The first-order valence-electron chi connectivity index (χ1n) is 7.50. The highest BCUT2D eigenvalue weighted by Crippen LogP contribution is 2.27. The smallest absolute Gasteiger partial charge is 0.235 e. The molecule has 0 spiro atoms. The van der Waals surface area contributed by atoms with Gasteiger partial charge in [-0.1, -0.05) is 13.8 Å². The molecule has 5 nitrogen and oxygen atoms in total. The number of carbonyl (C=O) groups is 1. The van der Waals surface area contributed by atoms with E-state index in [1.54, 1.807) is 6.92 Å². The van der Waals surface area contributed by atoms with Gasteiger partial charge in [0.25, 0.3) is 0 Å². The Morgan fingerprint density at radius 3 is 2.60 bits per heavy atom. The van der Waals surface area contributed by atoms with E-state index >= 15 is 0 Å². The maximum absolute atomic E-state index is 12.1. The minimum absolute atomic E-state index is 0.0696. The normalized spacial score (nSPS) is 17.9. The minimum Gasteiger partial charge on any atom is -0.396 e. The Kier molecular flexibility index (Phi) is 6.44. The average Bonchev–Trinajstić information content (AvgIpc) is 3.21. The number of nitriles is 1. The van der Waals surface area contributed by atoms with Gasteiger partial charge in [0.05, 0.1) is 12.6 Å². The molecular weight excluding hydrogens is 254 g/mol. The van der Waals surface area contributed by atoms with Crippen molar-refractivity contribution in [2.24, 2.45) is 5.92 Å². The van der Waals surface area contributed by atoms with Crippen LogP contribution in [0.25, 0.3) is 0 Å². The van der Waals surface area contributed by atoms with Crippen LogP contribution in [0.3, 0.4) is 0 Å². The third kappa shape index (κ3) is 5.10. The molecule has 1 unspecified atom stereocenters. The number of nitrogens with one attached hydrogen (secondary N) is 1. The van der Waals surface area contributed by atoms with E-state index in [0.29, 0.717) is 12.6 Å². The van der Waals surface area contributed by atoms with Crippen molar-refractivity contribution in [1.29, 1.82) is 5.26 Å². The van der Waals surface area contributed by atoms with Crippen molar-refractivity contribution >= 4 is 5.91 Å². The Morgan fingerprint density at radius 2 is 2.15 bits per heavy atom. The van der Waals surface area contributed by atoms with Gasteiger partial charge < -0.3 is 10.4 Å². The molecule has 0 radical (unpaired) electrons. The molecule has 5 heteroatoms. The van der Waals surface area contributed by atoms with Crippen LogP contribution in [0.5, 0.6) is 0 Å². The fourth-order valence-electron chi connectivity index (χ4n) is 2.07. The molecule has 0 heterocycles. The van der Waals surface area contributed by atoms with E-state index in [2.05, 4.69) is 16.3 Å². The molecule has 1 atom stereocenters. The predicted molar refractivity (Wildman–Crippen MR) is 77.9 cm³/mol. The molecule has 0 aliphatic heterocycles. The quantitative estimate of drug-likeness (QED) is 0.624. The van der Waals surface area contributed by atoms with E-state index in [1.807, 2.05) is 13.8 Å². The Bertz CT molecular complexity index is 361. The van der Waals surface area contributed by atoms with Crippen LogP contribution in [0.15, 0.2) is 0 Å². The number of hydrogen-bond acceptors (Lipinski definition) is 4. The zero-order chi connectivity index (χ0) is 15.2. The number of hydrogen-bond donors (Lipinski definition) is 2. The van der Waals surface area contributed by atoms with Crippen LogP contribution < -0.4 is 5.32 Å². The van der Waals surface area contributed by atoms with E-state index in [1.165, 1.54) is 0 Å². The molecule has 1 rings (SSSR count). The lowest BCUT2D eigenvalue weighted by Crippen LogP contribution is -2.52. The molecule has 1 saturated carbocycles. The first kappa shape index (κ1) is 16.9. The zero-order valence-corrected chi connectivity index (χ0v) is 12.9. The molecule has 0 saturated heterocycles. The van der Waals surface area contributed by atoms with E-state index in [9.17, 15) is 10.1 Å². The molecule has 1 amide bonds. The average molecular weight is 281 g/mol. The van der Waals surface area contributed by atoms with Crippen molar-refractivity contribution in [3.05, 3.63) is 0 Å². The van der Waals surface area contributed by atoms with Crippen molar-refractivity contribution in [2.45, 2.75) is 58.0 Å². The summed E-state index contributed by atoms with van der Waals surface area (Å²) in [4.78, 5) is 14.3. The minimum atomic E-state index is -0.808. The van der Waals surface area contributed by atoms with Gasteiger partial charge in [-0.25, -0.2) is 0 Å². The standard InChI is InChI=1S/C15H27N3O2/c1-12(2)15(3,11-16)17-14(20)10-18(13-6-7-13)8-4-5-9-19/h12-13,19H,4-10H2,1-3H3,(H,17,20). The fourth-order valence-corrected chi connectivity index (χ4v) is 2.07. The fraction of sp³-hybridized carbons (Fsp3) is 0.867. The summed E-state index contributed by atoms with van der Waals surface area (Å²) < 4.78 is 0. The van der Waals surface area contributed by atoms with Crippen LogP contribution >= 0.6 is 0 Å². The molecule has 0 bridgehead atoms. The van der Waals surface area contributed by atoms with Crippen LogP contribution in [0, 0.1) is 17.2 Å². The third-order valence-electron chi connectivity index (χ3n) is 4.05. The Labute approximate surface area is 122 Å². The number of unbranched alkanes of at least 4 members (excludes halogenated alkanes) is 1. The van der Waals surface area contributed by atoms with Crippen LogP contribution in [-0.2, 0) is 4.79 Å². The zero-order valence-electron chi connectivity index (χ0n) is 12.9. The van der Waals surface area contributed by atoms with Crippen molar-refractivity contribution < 1.29 is 9.90 Å². The van der Waals surface area contributed by atoms with Gasteiger partial charge in [0.2, 0.25) is 5.91 Å². The van der Waals surface area contributed by atoms with E-state index in [4.69, 9.17) is 5.11 Å². The summed E-state index contributed by atoms with van der Waals surface area (Å²) in [6.07, 6.45) is 3.96. The van der Waals surface area contributed by atoms with Gasteiger partial charge in [-0.15, -0.1) is 0 Å². The molecule has 0 aromatic heterocycles. The SMILES string of the molecule is CC(C)C(C)(C#N)NC(=O)CN(CCCCO)C1CC1. The molecule has 1 fully saturated rings. The molecule has 20 heavy (non-hydrogen) atoms. The van der Waals surface area contributed by atoms with Crippen LogP contribution in [0.2, 0.25) is 0 Å². The monoisotopic (exact) mass is 281 g/mol. The highest BCUT2D eigenvalue weighted by Gasteiger charge is 2.33. The van der Waals surface area contributed by atoms with Crippen molar-refractivity contribution in [2.75, 3.05) is 19.7 Å². The molecule has 0 aromatic carbocycles. The number of nitrogens with zero attached hydrogens (tertiary/aromatic N) is 2. The summed E-state index contributed by atoms with van der Waals surface area (Å²) in [7, 11) is 0. The van der Waals surface area contributed by atoms with E-state index in [-0.39, 0.29) is 18.4 Å². The highest BCUT2D eigenvalue weighted by molar-refractivity contribution is 5.79. The summed E-state index contributed by atoms with van der Waals surface area (Å²) in [5.74, 6) is -0.0149. The number of rotatable bonds is 9. The van der Waals surface area contributed by atoms with Crippen molar-refractivity contribution in [3.63, 3.8) is 0 Å². The Morgan fingerprint density at radius 1 is 1.50 bits per heavy atom. The van der Waals surface area contributed by atoms with E-state index < -0.39 is 5.54 Å². The molecule has 1 aliphatic rings. The van der Waals surface area contributed by atoms with Gasteiger partial charge in [0.1, 0.15) is 5.54 Å². The molecule has 1 aliphatic carbocycles. The van der Waals surface area contributed by atoms with Crippen molar-refractivity contribution in [3.8, 4) is 6.07 Å². The highest BCUT2D eigenvalue weighted by atomic mass is 16.2. The lowest BCUT2D eigenvalue weighted by atomic mass is 9.90. The third-order valence-corrected chi connectivity index (χ3v) is 4.05. The predicted octanol–water partition coefficient (Wildman–Crippen LogP) is 1.28. The van der Waals surface area contributed by atoms with Gasteiger partial charge in [0, 0.05) is 12.6 Å². The summed E-state index contributed by atoms with van der Waals surface area (Å²) in [6.45, 7) is 7.02. The van der Waals surface area contributed by atoms with Crippen LogP contribution in [0.1, 0.15) is 46.5 Å². The summed E-state index contributed by atoms with van der Waals surface area (Å²) in [6, 6.07) is 2.70. The summed E-state index contributed by atoms with van der Waals surface area (Å²) in [5, 5.41) is 20.9. The van der Waals surface area contributed by atoms with Gasteiger partial charge >= 0.3 is 0 Å². The largest absolute Gasteiger partial charge is 0.396 e. The maximum Gasteiger partial charge on any atom is 0.235 e. The molecule has 114 valence electrons. The van der Waals surface area contributed by atoms with Gasteiger partial charge in [-0.05, 0) is 45.1 Å². The van der Waals surface area contributed by atoms with Crippen LogP contribution in [-0.4, -0.2) is 47.2 Å². The first-order valence-corrected chi connectivity index (χ1v) is 7.50. The number of aliphatic hydroxyl groups is 1. The number of carbonyl (C=O) groups excluding carboxylic acids is 1. The summed E-state index contributed by atoms with van der Waals surface area (Å²) >= 11 is 0. The lowest BCUT2D eigenvalue weighted by Gasteiger charge is -2.29. The molecule has 2 N–H and O–H groups in total. The second-order valence-electron chi connectivity index (χ2n) is 6.15. The molecule has 0 aromatic rings. The number of amides is 1. The lowest BCUT2D eigenvalue weighted by molar-refractivity contribution is -0.124. The Balaban J connectivity index is 2.47. The van der Waals surface area contributed by atoms with Gasteiger partial charge in [-0.3, -0.25) is 9.69 Å². The maximum atomic E-state index is 12.1. The molecular formula is C15H27N3O2. The number of aliphatic hydroxyl groups excluding tert-OH is 1. The topological polar surface area (TPSA) is 76.4 Å². The van der Waals surface area contributed by atoms with Crippen LogP contribution in [0.4, 0.5) is 0 Å². The second-order valence-corrected chi connectivity index (χ2v) is 6.15. The van der Waals surface area contributed by atoms with Crippen molar-refractivity contribution in [1.82, 2.24) is 10.2 Å². The Hall–Kier alpha value is -1.12. The first-order chi connectivity index (χ1) is 9.42. The summed E-state index contributed by atoms with van der Waals surface area (Å²) in [5.41, 5.74) is -0.808. The second kappa shape index (κ2) is 7.61. The van der Waals surface area contributed by atoms with E-state index in [0.717, 1.165) is 32.2 Å². The van der Waals surface area contributed by atoms with Gasteiger partial charge in [0.15, 0.2) is 0 Å².